The molecule has 0 aliphatic rings. The Hall–Kier alpha value is -2.12. The van der Waals surface area contributed by atoms with E-state index >= 15 is 0 Å². The minimum absolute atomic E-state index is 0.0832. The van der Waals surface area contributed by atoms with Gasteiger partial charge in [0.2, 0.25) is 5.88 Å². The maximum atomic E-state index is 12.2. The second kappa shape index (κ2) is 5.89. The number of benzene rings is 1. The Morgan fingerprint density at radius 1 is 1.30 bits per heavy atom. The average molecular weight is 294 g/mol. The molecule has 1 aromatic heterocycles. The molecule has 0 fully saturated rings. The topological polar surface area (TPSA) is 88.5 Å². The second-order valence-corrected chi connectivity index (χ2v) is 5.68. The van der Waals surface area contributed by atoms with Gasteiger partial charge >= 0.3 is 0 Å². The van der Waals surface area contributed by atoms with Crippen LogP contribution in [0, 0.1) is 0 Å². The minimum atomic E-state index is -3.71. The molecule has 7 heteroatoms. The smallest absolute Gasteiger partial charge is 0.261 e. The van der Waals surface area contributed by atoms with E-state index in [1.165, 1.54) is 25.4 Å². The number of sulfonamides is 1. The third-order valence-corrected chi connectivity index (χ3v) is 3.97. The quantitative estimate of drug-likeness (QED) is 0.869. The minimum Gasteiger partial charge on any atom is -0.481 e. The molecule has 0 unspecified atom stereocenters. The number of rotatable bonds is 5. The van der Waals surface area contributed by atoms with Crippen LogP contribution in [0.4, 0.5) is 5.69 Å². The largest absolute Gasteiger partial charge is 0.481 e. The number of nitrogens with zero attached hydrogens (tertiary/aromatic N) is 1. The molecule has 0 aliphatic heterocycles. The number of methoxy groups -OCH3 is 1. The lowest BCUT2D eigenvalue weighted by Crippen LogP contribution is -2.13. The van der Waals surface area contributed by atoms with Crippen LogP contribution in [0.25, 0.3) is 0 Å². The van der Waals surface area contributed by atoms with Gasteiger partial charge in [0.1, 0.15) is 0 Å². The second-order valence-electron chi connectivity index (χ2n) is 4.00. The number of anilines is 1. The van der Waals surface area contributed by atoms with Crippen LogP contribution in [-0.2, 0) is 16.6 Å². The third-order valence-electron chi connectivity index (χ3n) is 2.59. The molecule has 2 aromatic rings. The van der Waals surface area contributed by atoms with Gasteiger partial charge in [-0.2, -0.15) is 0 Å². The Morgan fingerprint density at radius 2 is 2.10 bits per heavy atom. The summed E-state index contributed by atoms with van der Waals surface area (Å²) in [4.78, 5) is 4.00. The zero-order valence-electron chi connectivity index (χ0n) is 10.8. The summed E-state index contributed by atoms with van der Waals surface area (Å²) in [6.07, 6.45) is 1.37. The van der Waals surface area contributed by atoms with Crippen LogP contribution in [0.2, 0.25) is 0 Å². The van der Waals surface area contributed by atoms with Gasteiger partial charge in [0.15, 0.2) is 0 Å². The van der Waals surface area contributed by atoms with E-state index in [9.17, 15) is 8.42 Å². The van der Waals surface area contributed by atoms with E-state index < -0.39 is 10.0 Å². The predicted octanol–water partition coefficient (Wildman–Crippen LogP) is 1.38. The Balaban J connectivity index is 2.25. The standard InChI is InChI=1S/C13H14N2O4S/c1-19-13-6-5-11(8-14-13)15-20(17,18)12-4-2-3-10(7-12)9-16/h2-8,15-16H,9H2,1H3. The van der Waals surface area contributed by atoms with Gasteiger partial charge in [-0.05, 0) is 23.8 Å². The number of aliphatic hydroxyl groups excluding tert-OH is 1. The molecule has 0 radical (unpaired) electrons. The van der Waals surface area contributed by atoms with Gasteiger partial charge in [0.05, 0.1) is 30.5 Å². The van der Waals surface area contributed by atoms with Crippen LogP contribution >= 0.6 is 0 Å². The van der Waals surface area contributed by atoms with Gasteiger partial charge < -0.3 is 9.84 Å². The van der Waals surface area contributed by atoms with Crippen molar-refractivity contribution in [1.29, 1.82) is 0 Å². The van der Waals surface area contributed by atoms with Crippen molar-refractivity contribution in [2.45, 2.75) is 11.5 Å². The monoisotopic (exact) mass is 294 g/mol. The van der Waals surface area contributed by atoms with Crippen LogP contribution in [-0.4, -0.2) is 25.6 Å². The SMILES string of the molecule is COc1ccc(NS(=O)(=O)c2cccc(CO)c2)cn1. The number of hydrogen-bond donors (Lipinski definition) is 2. The first-order valence-electron chi connectivity index (χ1n) is 5.78. The van der Waals surface area contributed by atoms with Gasteiger partial charge in [-0.15, -0.1) is 0 Å². The molecule has 1 aromatic carbocycles. The first-order valence-corrected chi connectivity index (χ1v) is 7.26. The molecule has 0 saturated carbocycles. The van der Waals surface area contributed by atoms with Crippen molar-refractivity contribution in [2.75, 3.05) is 11.8 Å². The summed E-state index contributed by atoms with van der Waals surface area (Å²) in [6, 6.07) is 9.21. The normalized spacial score (nSPS) is 11.1. The van der Waals surface area contributed by atoms with Crippen molar-refractivity contribution >= 4 is 15.7 Å². The Bertz CT molecular complexity index is 684. The number of aromatic nitrogens is 1. The van der Waals surface area contributed by atoms with Gasteiger partial charge in [0.25, 0.3) is 10.0 Å². The lowest BCUT2D eigenvalue weighted by atomic mass is 10.2. The fourth-order valence-electron chi connectivity index (χ4n) is 1.59. The van der Waals surface area contributed by atoms with Gasteiger partial charge in [-0.25, -0.2) is 13.4 Å². The van der Waals surface area contributed by atoms with E-state index in [0.717, 1.165) is 0 Å². The molecule has 1 heterocycles. The molecule has 0 spiro atoms. The van der Waals surface area contributed by atoms with Crippen molar-refractivity contribution in [1.82, 2.24) is 4.98 Å². The van der Waals surface area contributed by atoms with E-state index in [-0.39, 0.29) is 11.5 Å². The summed E-state index contributed by atoms with van der Waals surface area (Å²) >= 11 is 0. The van der Waals surface area contributed by atoms with Crippen molar-refractivity contribution < 1.29 is 18.3 Å². The molecule has 20 heavy (non-hydrogen) atoms. The van der Waals surface area contributed by atoms with Crippen LogP contribution in [0.3, 0.4) is 0 Å². The Kier molecular flexibility index (Phi) is 4.21. The summed E-state index contributed by atoms with van der Waals surface area (Å²) in [5.74, 6) is 0.398. The zero-order valence-corrected chi connectivity index (χ0v) is 11.6. The highest BCUT2D eigenvalue weighted by atomic mass is 32.2. The van der Waals surface area contributed by atoms with Crippen molar-refractivity contribution in [3.63, 3.8) is 0 Å². The number of hydrogen-bond acceptors (Lipinski definition) is 5. The van der Waals surface area contributed by atoms with E-state index in [0.29, 0.717) is 17.1 Å². The van der Waals surface area contributed by atoms with Crippen LogP contribution < -0.4 is 9.46 Å². The molecular weight excluding hydrogens is 280 g/mol. The highest BCUT2D eigenvalue weighted by Gasteiger charge is 2.14. The molecule has 6 nitrogen and oxygen atoms in total. The summed E-state index contributed by atoms with van der Waals surface area (Å²) in [5.41, 5.74) is 0.862. The van der Waals surface area contributed by atoms with E-state index in [1.807, 2.05) is 0 Å². The number of pyridine rings is 1. The van der Waals surface area contributed by atoms with E-state index in [2.05, 4.69) is 9.71 Å². The molecule has 0 atom stereocenters. The Morgan fingerprint density at radius 3 is 2.70 bits per heavy atom. The fraction of sp³-hybridized carbons (Fsp3) is 0.154. The van der Waals surface area contributed by atoms with Crippen LogP contribution in [0.15, 0.2) is 47.5 Å². The van der Waals surface area contributed by atoms with Crippen LogP contribution in [0.5, 0.6) is 5.88 Å². The highest BCUT2D eigenvalue weighted by molar-refractivity contribution is 7.92. The molecule has 0 bridgehead atoms. The molecule has 2 N–H and O–H groups in total. The summed E-state index contributed by atoms with van der Waals surface area (Å²) in [7, 11) is -2.23. The first kappa shape index (κ1) is 14.3. The zero-order chi connectivity index (χ0) is 14.6. The third kappa shape index (κ3) is 3.25. The lowest BCUT2D eigenvalue weighted by Gasteiger charge is -2.09. The molecule has 0 aliphatic carbocycles. The van der Waals surface area contributed by atoms with Crippen molar-refractivity contribution in [3.05, 3.63) is 48.2 Å². The van der Waals surface area contributed by atoms with Crippen LogP contribution in [0.1, 0.15) is 5.56 Å². The van der Waals surface area contributed by atoms with Crippen molar-refractivity contribution in [3.8, 4) is 5.88 Å². The average Bonchev–Trinajstić information content (AvgIpc) is 2.48. The Labute approximate surface area is 117 Å². The van der Waals surface area contributed by atoms with Gasteiger partial charge in [-0.1, -0.05) is 12.1 Å². The summed E-state index contributed by atoms with van der Waals surface area (Å²) < 4.78 is 31.7. The summed E-state index contributed by atoms with van der Waals surface area (Å²) in [6.45, 7) is -0.215. The predicted molar refractivity (Wildman–Crippen MR) is 74.0 cm³/mol. The molecule has 106 valence electrons. The maximum Gasteiger partial charge on any atom is 0.261 e. The number of aliphatic hydroxyl groups is 1. The number of nitrogens with one attached hydrogen (secondary N) is 1. The molecule has 0 saturated heterocycles. The van der Waals surface area contributed by atoms with Gasteiger partial charge in [-0.3, -0.25) is 4.72 Å². The maximum absolute atomic E-state index is 12.2. The first-order chi connectivity index (χ1) is 9.55. The molecule has 2 rings (SSSR count). The van der Waals surface area contributed by atoms with E-state index in [4.69, 9.17) is 9.84 Å². The van der Waals surface area contributed by atoms with Crippen molar-refractivity contribution in [2.24, 2.45) is 0 Å². The summed E-state index contributed by atoms with van der Waals surface area (Å²) in [5, 5.41) is 9.04. The van der Waals surface area contributed by atoms with Gasteiger partial charge in [0, 0.05) is 6.07 Å². The number of ether oxygens (including phenoxy) is 1. The molecule has 0 amide bonds. The lowest BCUT2D eigenvalue weighted by molar-refractivity contribution is 0.281. The highest BCUT2D eigenvalue weighted by Crippen LogP contribution is 2.18. The fourth-order valence-corrected chi connectivity index (χ4v) is 2.70. The van der Waals surface area contributed by atoms with E-state index in [1.54, 1.807) is 24.3 Å². The molecular formula is C13H14N2O4S.